The van der Waals surface area contributed by atoms with E-state index in [-0.39, 0.29) is 5.41 Å². The van der Waals surface area contributed by atoms with Crippen LogP contribution in [-0.2, 0) is 5.41 Å². The van der Waals surface area contributed by atoms with Crippen LogP contribution in [-0.4, -0.2) is 0 Å². The number of fused-ring (bicyclic) bond motifs is 6. The molecule has 0 unspecified atom stereocenters. The Morgan fingerprint density at radius 3 is 1.80 bits per heavy atom. The van der Waals surface area contributed by atoms with Gasteiger partial charge in [0.1, 0.15) is 0 Å². The molecule has 0 saturated heterocycles. The van der Waals surface area contributed by atoms with Gasteiger partial charge in [-0.15, -0.1) is 0 Å². The lowest BCUT2D eigenvalue weighted by molar-refractivity contribution is -0.0399. The summed E-state index contributed by atoms with van der Waals surface area (Å²) in [6.07, 6.45) is 7.19. The zero-order chi connectivity index (χ0) is 32.1. The normalized spacial score (nSPS) is 24.4. The molecule has 0 atom stereocenters. The van der Waals surface area contributed by atoms with Gasteiger partial charge in [-0.3, -0.25) is 0 Å². The highest BCUT2D eigenvalue weighted by atomic mass is 15.1. The van der Waals surface area contributed by atoms with Crippen molar-refractivity contribution in [3.63, 3.8) is 0 Å². The summed E-state index contributed by atoms with van der Waals surface area (Å²) in [5.74, 6) is 3.52. The maximum absolute atomic E-state index is 2.54. The molecule has 49 heavy (non-hydrogen) atoms. The smallest absolute Gasteiger partial charge is 0.0546 e. The zero-order valence-corrected chi connectivity index (χ0v) is 27.7. The van der Waals surface area contributed by atoms with Crippen LogP contribution in [0, 0.1) is 23.7 Å². The maximum atomic E-state index is 2.54. The highest BCUT2D eigenvalue weighted by Crippen LogP contribution is 2.69. The molecule has 236 valence electrons. The van der Waals surface area contributed by atoms with Gasteiger partial charge >= 0.3 is 0 Å². The second-order valence-corrected chi connectivity index (χ2v) is 15.4. The molecule has 1 nitrogen and oxygen atoms in total. The molecule has 0 heterocycles. The zero-order valence-electron chi connectivity index (χ0n) is 27.7. The molecule has 5 aliphatic carbocycles. The summed E-state index contributed by atoms with van der Waals surface area (Å²) in [6, 6.07) is 57.0. The van der Waals surface area contributed by atoms with Crippen LogP contribution in [0.4, 0.5) is 17.1 Å². The number of benzene rings is 7. The number of rotatable bonds is 4. The highest BCUT2D eigenvalue weighted by Gasteiger charge is 2.61. The summed E-state index contributed by atoms with van der Waals surface area (Å²) in [7, 11) is 0. The van der Waals surface area contributed by atoms with Crippen molar-refractivity contribution in [2.24, 2.45) is 23.7 Å². The van der Waals surface area contributed by atoms with E-state index < -0.39 is 0 Å². The fourth-order valence-corrected chi connectivity index (χ4v) is 11.4. The first-order valence-corrected chi connectivity index (χ1v) is 18.4. The highest BCUT2D eigenvalue weighted by molar-refractivity contribution is 6.14. The summed E-state index contributed by atoms with van der Waals surface area (Å²) in [6.45, 7) is 0. The fraction of sp³-hybridized carbons (Fsp3) is 0.208. The predicted molar refractivity (Wildman–Crippen MR) is 205 cm³/mol. The minimum Gasteiger partial charge on any atom is -0.310 e. The van der Waals surface area contributed by atoms with Crippen molar-refractivity contribution in [2.75, 3.05) is 4.90 Å². The van der Waals surface area contributed by atoms with Crippen molar-refractivity contribution in [3.05, 3.63) is 163 Å². The molecule has 0 radical (unpaired) electrons. The van der Waals surface area contributed by atoms with Crippen molar-refractivity contribution < 1.29 is 0 Å². The molecule has 0 amide bonds. The van der Waals surface area contributed by atoms with Gasteiger partial charge in [0.15, 0.2) is 0 Å². The molecule has 12 rings (SSSR count). The van der Waals surface area contributed by atoms with Gasteiger partial charge in [0.2, 0.25) is 0 Å². The Labute approximate surface area is 288 Å². The lowest BCUT2D eigenvalue weighted by Crippen LogP contribution is -2.55. The van der Waals surface area contributed by atoms with Crippen LogP contribution in [0.25, 0.3) is 43.8 Å². The lowest BCUT2D eigenvalue weighted by atomic mass is 9.43. The Balaban J connectivity index is 1.03. The van der Waals surface area contributed by atoms with E-state index in [2.05, 4.69) is 157 Å². The number of anilines is 3. The number of nitrogens with zero attached hydrogens (tertiary/aromatic N) is 1. The van der Waals surface area contributed by atoms with E-state index in [4.69, 9.17) is 0 Å². The van der Waals surface area contributed by atoms with Gasteiger partial charge in [-0.05, 0) is 142 Å². The third-order valence-corrected chi connectivity index (χ3v) is 13.0. The first-order chi connectivity index (χ1) is 24.3. The Morgan fingerprint density at radius 2 is 1.02 bits per heavy atom. The molecule has 0 aliphatic heterocycles. The van der Waals surface area contributed by atoms with Crippen molar-refractivity contribution in [3.8, 4) is 22.3 Å². The quantitative estimate of drug-likeness (QED) is 0.175. The first kappa shape index (κ1) is 27.8. The third-order valence-electron chi connectivity index (χ3n) is 13.0. The second kappa shape index (κ2) is 10.4. The van der Waals surface area contributed by atoms with Gasteiger partial charge in [-0.25, -0.2) is 0 Å². The number of para-hydroxylation sites is 1. The van der Waals surface area contributed by atoms with Crippen molar-refractivity contribution >= 4 is 38.6 Å². The van der Waals surface area contributed by atoms with Crippen LogP contribution in [0.5, 0.6) is 0 Å². The summed E-state index contributed by atoms with van der Waals surface area (Å²) in [5, 5.41) is 5.08. The number of hydrogen-bond acceptors (Lipinski definition) is 1. The van der Waals surface area contributed by atoms with E-state index in [1.807, 2.05) is 0 Å². The van der Waals surface area contributed by atoms with Gasteiger partial charge in [0.05, 0.1) is 5.69 Å². The largest absolute Gasteiger partial charge is 0.310 e. The molecule has 5 aliphatic rings. The molecule has 4 saturated carbocycles. The van der Waals surface area contributed by atoms with Crippen LogP contribution in [0.15, 0.2) is 152 Å². The Hall–Kier alpha value is -5.14. The van der Waals surface area contributed by atoms with Crippen LogP contribution in [0.3, 0.4) is 0 Å². The third kappa shape index (κ3) is 3.93. The first-order valence-electron chi connectivity index (χ1n) is 18.4. The minimum absolute atomic E-state index is 0.223. The van der Waals surface area contributed by atoms with Crippen molar-refractivity contribution in [2.45, 2.75) is 37.5 Å². The van der Waals surface area contributed by atoms with Gasteiger partial charge in [-0.2, -0.15) is 0 Å². The lowest BCUT2D eigenvalue weighted by Gasteiger charge is -2.61. The molecule has 4 fully saturated rings. The van der Waals surface area contributed by atoms with Crippen molar-refractivity contribution in [1.29, 1.82) is 0 Å². The summed E-state index contributed by atoms with van der Waals surface area (Å²) >= 11 is 0. The molecule has 4 bridgehead atoms. The van der Waals surface area contributed by atoms with E-state index in [9.17, 15) is 0 Å². The molecule has 1 heteroatoms. The second-order valence-electron chi connectivity index (χ2n) is 15.4. The van der Waals surface area contributed by atoms with Crippen LogP contribution in [0.2, 0.25) is 0 Å². The minimum atomic E-state index is 0.223. The van der Waals surface area contributed by atoms with Crippen LogP contribution < -0.4 is 4.90 Å². The van der Waals surface area contributed by atoms with Crippen LogP contribution in [0.1, 0.15) is 43.2 Å². The van der Waals surface area contributed by atoms with Crippen LogP contribution >= 0.6 is 0 Å². The summed E-state index contributed by atoms with van der Waals surface area (Å²) < 4.78 is 0. The monoisotopic (exact) mass is 629 g/mol. The average molecular weight is 630 g/mol. The molecular formula is C48H39N. The molecular weight excluding hydrogens is 591 g/mol. The Morgan fingerprint density at radius 1 is 0.429 bits per heavy atom. The maximum Gasteiger partial charge on any atom is 0.0546 e. The van der Waals surface area contributed by atoms with E-state index in [1.165, 1.54) is 81.6 Å². The predicted octanol–water partition coefficient (Wildman–Crippen LogP) is 12.9. The molecule has 1 spiro atoms. The topological polar surface area (TPSA) is 3.24 Å². The molecule has 7 aromatic rings. The number of hydrogen-bond donors (Lipinski definition) is 0. The Bertz CT molecular complexity index is 2370. The van der Waals surface area contributed by atoms with Gasteiger partial charge in [0, 0.05) is 22.2 Å². The molecule has 7 aromatic carbocycles. The fourth-order valence-electron chi connectivity index (χ4n) is 11.4. The SMILES string of the molecule is c1ccc(N(c2ccc(-c3ccc4c(c3)-c3ccccc3C43C4CC5CC(C4)CC3C5)cc2)c2cc3ccccc3c3ccccc23)cc1. The van der Waals surface area contributed by atoms with E-state index in [0.29, 0.717) is 0 Å². The Kier molecular flexibility index (Phi) is 5.91. The van der Waals surface area contributed by atoms with Gasteiger partial charge < -0.3 is 4.90 Å². The van der Waals surface area contributed by atoms with Gasteiger partial charge in [-0.1, -0.05) is 115 Å². The standard InChI is InChI=1S/C48H39N/c1-2-11-38(12-3-1)49(47-30-35-10-4-5-13-40(35)41-14-6-7-16-43(41)47)39-21-18-33(19-22-39)34-20-23-46-44(29-34)42-15-8-9-17-45(42)48(46)36-25-31-24-32(27-36)28-37(48)26-31/h1-23,29-32,36-37H,24-28H2. The summed E-state index contributed by atoms with van der Waals surface area (Å²) in [5.41, 5.74) is 12.5. The van der Waals surface area contributed by atoms with E-state index in [0.717, 1.165) is 35.0 Å². The van der Waals surface area contributed by atoms with Gasteiger partial charge in [0.25, 0.3) is 0 Å². The molecule has 0 N–H and O–H groups in total. The average Bonchev–Trinajstić information content (AvgIpc) is 3.45. The molecule has 0 aromatic heterocycles. The summed E-state index contributed by atoms with van der Waals surface area (Å²) in [4.78, 5) is 2.42. The van der Waals surface area contributed by atoms with E-state index in [1.54, 1.807) is 11.1 Å². The van der Waals surface area contributed by atoms with Crippen molar-refractivity contribution in [1.82, 2.24) is 0 Å². The van der Waals surface area contributed by atoms with E-state index >= 15 is 0 Å².